The van der Waals surface area contributed by atoms with Crippen LogP contribution in [0.15, 0.2) is 37.4 Å². The lowest BCUT2D eigenvalue weighted by Gasteiger charge is -2.18. The van der Waals surface area contributed by atoms with Gasteiger partial charge in [0.25, 0.3) is 0 Å². The summed E-state index contributed by atoms with van der Waals surface area (Å²) in [6.45, 7) is 2.73. The zero-order valence-electron chi connectivity index (χ0n) is 15.0. The Kier molecular flexibility index (Phi) is 9.42. The standard InChI is InChI=1S/C9H12F3N3O.C7H13N3/c1-14(8(16)9(10,11)12)4-2-5-15-6-3-13-7-15;1-8-3-2-5-10-6-4-9-7-10/h3,6-7H,2,4-5H2,1H3;4,6-8H,2-3,5H2,1H3. The third-order valence-corrected chi connectivity index (χ3v) is 3.46. The maximum atomic E-state index is 12.0. The van der Waals surface area contributed by atoms with Gasteiger partial charge in [0.15, 0.2) is 0 Å². The van der Waals surface area contributed by atoms with Crippen LogP contribution in [0, 0.1) is 0 Å². The summed E-state index contributed by atoms with van der Waals surface area (Å²) in [7, 11) is 3.11. The molecule has 1 amide bonds. The number of hydrogen-bond donors (Lipinski definition) is 1. The molecule has 2 aromatic heterocycles. The van der Waals surface area contributed by atoms with Crippen molar-refractivity contribution < 1.29 is 18.0 Å². The summed E-state index contributed by atoms with van der Waals surface area (Å²) in [5.74, 6) is -1.81. The van der Waals surface area contributed by atoms with Crippen molar-refractivity contribution in [2.75, 3.05) is 27.2 Å². The number of aryl methyl sites for hydroxylation is 2. The molecule has 0 aromatic carbocycles. The van der Waals surface area contributed by atoms with Crippen molar-refractivity contribution in [3.05, 3.63) is 37.4 Å². The lowest BCUT2D eigenvalue weighted by molar-refractivity contribution is -0.184. The van der Waals surface area contributed by atoms with Gasteiger partial charge in [-0.25, -0.2) is 9.97 Å². The predicted molar refractivity (Wildman–Crippen MR) is 91.3 cm³/mol. The van der Waals surface area contributed by atoms with Gasteiger partial charge >= 0.3 is 12.1 Å². The maximum absolute atomic E-state index is 12.0. The lowest BCUT2D eigenvalue weighted by atomic mass is 10.3. The van der Waals surface area contributed by atoms with E-state index in [2.05, 4.69) is 19.9 Å². The Morgan fingerprint density at radius 1 is 1.08 bits per heavy atom. The van der Waals surface area contributed by atoms with Gasteiger partial charge < -0.3 is 19.4 Å². The average Bonchev–Trinajstić information content (AvgIpc) is 3.28. The first kappa shape index (κ1) is 21.7. The van der Waals surface area contributed by atoms with Crippen molar-refractivity contribution in [3.8, 4) is 0 Å². The minimum atomic E-state index is -4.79. The largest absolute Gasteiger partial charge is 0.471 e. The lowest BCUT2D eigenvalue weighted by Crippen LogP contribution is -2.39. The molecule has 0 fully saturated rings. The second-order valence-corrected chi connectivity index (χ2v) is 5.64. The SMILES string of the molecule is CN(CCCn1ccnc1)C(=O)C(F)(F)F.CNCCCn1ccnc1. The van der Waals surface area contributed by atoms with Crippen molar-refractivity contribution in [1.29, 1.82) is 0 Å². The van der Waals surface area contributed by atoms with E-state index in [1.807, 2.05) is 19.6 Å². The fourth-order valence-corrected chi connectivity index (χ4v) is 2.08. The Balaban J connectivity index is 0.000000289. The van der Waals surface area contributed by atoms with Gasteiger partial charge in [-0.05, 0) is 26.4 Å². The summed E-state index contributed by atoms with van der Waals surface area (Å²) in [4.78, 5) is 19.2. The van der Waals surface area contributed by atoms with Crippen LogP contribution in [-0.4, -0.2) is 63.3 Å². The molecule has 0 bridgehead atoms. The van der Waals surface area contributed by atoms with Crippen LogP contribution in [0.4, 0.5) is 13.2 Å². The highest BCUT2D eigenvalue weighted by atomic mass is 19.4. The number of halogens is 3. The second kappa shape index (κ2) is 11.3. The number of nitrogens with zero attached hydrogens (tertiary/aromatic N) is 5. The van der Waals surface area contributed by atoms with Gasteiger partial charge in [-0.15, -0.1) is 0 Å². The van der Waals surface area contributed by atoms with Crippen molar-refractivity contribution >= 4 is 5.91 Å². The Morgan fingerprint density at radius 2 is 1.62 bits per heavy atom. The van der Waals surface area contributed by atoms with Gasteiger partial charge in [0.05, 0.1) is 12.7 Å². The number of alkyl halides is 3. The third-order valence-electron chi connectivity index (χ3n) is 3.46. The Morgan fingerprint density at radius 3 is 2.04 bits per heavy atom. The van der Waals surface area contributed by atoms with E-state index in [0.29, 0.717) is 17.9 Å². The first-order valence-corrected chi connectivity index (χ1v) is 8.23. The van der Waals surface area contributed by atoms with Gasteiger partial charge in [-0.1, -0.05) is 0 Å². The number of aromatic nitrogens is 4. The topological polar surface area (TPSA) is 68.0 Å². The third kappa shape index (κ3) is 8.65. The monoisotopic (exact) mass is 374 g/mol. The van der Waals surface area contributed by atoms with Crippen LogP contribution in [0.3, 0.4) is 0 Å². The van der Waals surface area contributed by atoms with Gasteiger partial charge in [0, 0.05) is 51.5 Å². The summed E-state index contributed by atoms with van der Waals surface area (Å²) < 4.78 is 39.8. The number of nitrogens with one attached hydrogen (secondary N) is 1. The number of rotatable bonds is 8. The molecule has 0 saturated heterocycles. The molecule has 0 unspecified atom stereocenters. The van der Waals surface area contributed by atoms with Crippen LogP contribution in [0.25, 0.3) is 0 Å². The summed E-state index contributed by atoms with van der Waals surface area (Å²) in [6, 6.07) is 0. The van der Waals surface area contributed by atoms with Gasteiger partial charge in [0.2, 0.25) is 0 Å². The molecule has 0 aliphatic heterocycles. The molecule has 0 atom stereocenters. The zero-order valence-corrected chi connectivity index (χ0v) is 15.0. The smallest absolute Gasteiger partial charge is 0.338 e. The van der Waals surface area contributed by atoms with Crippen molar-refractivity contribution in [2.24, 2.45) is 0 Å². The fraction of sp³-hybridized carbons (Fsp3) is 0.562. The summed E-state index contributed by atoms with van der Waals surface area (Å²) in [5, 5.41) is 3.10. The quantitative estimate of drug-likeness (QED) is 0.716. The molecule has 0 aliphatic rings. The van der Waals surface area contributed by atoms with E-state index in [4.69, 9.17) is 0 Å². The van der Waals surface area contributed by atoms with Crippen LogP contribution < -0.4 is 5.32 Å². The van der Waals surface area contributed by atoms with Crippen LogP contribution in [0.2, 0.25) is 0 Å². The van der Waals surface area contributed by atoms with E-state index in [-0.39, 0.29) is 6.54 Å². The van der Waals surface area contributed by atoms with Crippen LogP contribution in [0.1, 0.15) is 12.8 Å². The molecular formula is C16H25F3N6O. The molecule has 10 heteroatoms. The van der Waals surface area contributed by atoms with E-state index < -0.39 is 12.1 Å². The minimum absolute atomic E-state index is 0.0660. The number of carbonyl (C=O) groups is 1. The highest BCUT2D eigenvalue weighted by Crippen LogP contribution is 2.17. The molecule has 0 radical (unpaired) electrons. The van der Waals surface area contributed by atoms with E-state index in [1.54, 1.807) is 29.5 Å². The predicted octanol–water partition coefficient (Wildman–Crippen LogP) is 1.79. The number of carbonyl (C=O) groups excluding carboxylic acids is 1. The summed E-state index contributed by atoms with van der Waals surface area (Å²) in [5.41, 5.74) is 0. The van der Waals surface area contributed by atoms with Crippen LogP contribution in [-0.2, 0) is 17.9 Å². The summed E-state index contributed by atoms with van der Waals surface area (Å²) in [6.07, 6.45) is 7.33. The molecule has 7 nitrogen and oxygen atoms in total. The zero-order chi connectivity index (χ0) is 19.4. The second-order valence-electron chi connectivity index (χ2n) is 5.64. The van der Waals surface area contributed by atoms with Crippen molar-refractivity contribution in [3.63, 3.8) is 0 Å². The molecule has 146 valence electrons. The van der Waals surface area contributed by atoms with Gasteiger partial charge in [-0.2, -0.15) is 13.2 Å². The van der Waals surface area contributed by atoms with E-state index in [9.17, 15) is 18.0 Å². The number of amides is 1. The van der Waals surface area contributed by atoms with Crippen LogP contribution >= 0.6 is 0 Å². The molecule has 2 rings (SSSR count). The van der Waals surface area contributed by atoms with Crippen molar-refractivity contribution in [1.82, 2.24) is 29.3 Å². The highest BCUT2D eigenvalue weighted by molar-refractivity contribution is 5.81. The van der Waals surface area contributed by atoms with E-state index in [0.717, 1.165) is 26.6 Å². The molecule has 2 aromatic rings. The van der Waals surface area contributed by atoms with Crippen LogP contribution in [0.5, 0.6) is 0 Å². The molecule has 2 heterocycles. The Labute approximate surface area is 150 Å². The fourth-order valence-electron chi connectivity index (χ4n) is 2.08. The van der Waals surface area contributed by atoms with E-state index in [1.165, 1.54) is 0 Å². The van der Waals surface area contributed by atoms with E-state index >= 15 is 0 Å². The average molecular weight is 374 g/mol. The Hall–Kier alpha value is -2.36. The molecule has 26 heavy (non-hydrogen) atoms. The first-order chi connectivity index (χ1) is 12.3. The minimum Gasteiger partial charge on any atom is -0.338 e. The molecule has 0 saturated carbocycles. The summed E-state index contributed by atoms with van der Waals surface area (Å²) >= 11 is 0. The number of imidazole rings is 2. The Bertz CT molecular complexity index is 598. The number of hydrogen-bond acceptors (Lipinski definition) is 4. The van der Waals surface area contributed by atoms with Crippen molar-refractivity contribution in [2.45, 2.75) is 32.1 Å². The van der Waals surface area contributed by atoms with Gasteiger partial charge in [0.1, 0.15) is 0 Å². The maximum Gasteiger partial charge on any atom is 0.471 e. The molecular weight excluding hydrogens is 349 g/mol. The molecule has 0 aliphatic carbocycles. The molecule has 0 spiro atoms. The first-order valence-electron chi connectivity index (χ1n) is 8.23. The van der Waals surface area contributed by atoms with Gasteiger partial charge in [-0.3, -0.25) is 4.79 Å². The normalized spacial score (nSPS) is 11.0. The highest BCUT2D eigenvalue weighted by Gasteiger charge is 2.40. The molecule has 1 N–H and O–H groups in total.